The fourth-order valence-electron chi connectivity index (χ4n) is 2.65. The van der Waals surface area contributed by atoms with Crippen molar-refractivity contribution in [3.63, 3.8) is 0 Å². The number of nitrogens with one attached hydrogen (secondary N) is 1. The smallest absolute Gasteiger partial charge is 0.354 e. The Morgan fingerprint density at radius 2 is 1.77 bits per heavy atom. The zero-order chi connectivity index (χ0) is 18.9. The topological polar surface area (TPSA) is 62.3 Å². The minimum Gasteiger partial charge on any atom is -0.354 e. The number of alkyl halides is 3. The van der Waals surface area contributed by atoms with Crippen molar-refractivity contribution in [3.8, 4) is 0 Å². The zero-order valence-corrected chi connectivity index (χ0v) is 15.8. The van der Waals surface area contributed by atoms with Crippen molar-refractivity contribution in [2.24, 2.45) is 0 Å². The summed E-state index contributed by atoms with van der Waals surface area (Å²) in [4.78, 5) is 5.70. The van der Waals surface area contributed by atoms with E-state index in [0.717, 1.165) is 31.3 Å². The van der Waals surface area contributed by atoms with Gasteiger partial charge in [0.25, 0.3) is 0 Å². The number of hydrogen-bond acceptors (Lipinski definition) is 5. The van der Waals surface area contributed by atoms with E-state index in [1.54, 1.807) is 0 Å². The highest BCUT2D eigenvalue weighted by atomic mass is 79.9. The van der Waals surface area contributed by atoms with E-state index < -0.39 is 26.5 Å². The third-order valence-electron chi connectivity index (χ3n) is 3.98. The highest BCUT2D eigenvalue weighted by Gasteiger charge is 2.32. The Bertz CT molecular complexity index is 913. The lowest BCUT2D eigenvalue weighted by Crippen LogP contribution is -2.43. The van der Waals surface area contributed by atoms with Gasteiger partial charge in [-0.1, -0.05) is 6.07 Å². The molecule has 0 amide bonds. The Balaban J connectivity index is 2.03. The van der Waals surface area contributed by atoms with Gasteiger partial charge in [-0.15, -0.1) is 0 Å². The number of benzene rings is 1. The van der Waals surface area contributed by atoms with Crippen molar-refractivity contribution < 1.29 is 21.6 Å². The molecule has 2 heterocycles. The number of piperazine rings is 1. The summed E-state index contributed by atoms with van der Waals surface area (Å²) in [7, 11) is -4.12. The molecule has 5 nitrogen and oxygen atoms in total. The largest absolute Gasteiger partial charge is 0.416 e. The number of hydrogen-bond donors (Lipinski definition) is 1. The van der Waals surface area contributed by atoms with E-state index in [0.29, 0.717) is 29.6 Å². The van der Waals surface area contributed by atoms with E-state index >= 15 is 0 Å². The van der Waals surface area contributed by atoms with Crippen molar-refractivity contribution in [2.75, 3.05) is 31.1 Å². The van der Waals surface area contributed by atoms with E-state index in [2.05, 4.69) is 26.2 Å². The van der Waals surface area contributed by atoms with Crippen LogP contribution in [0.3, 0.4) is 0 Å². The molecule has 0 radical (unpaired) electrons. The Labute approximate surface area is 157 Å². The summed E-state index contributed by atoms with van der Waals surface area (Å²) in [6.07, 6.45) is -4.61. The van der Waals surface area contributed by atoms with Crippen LogP contribution >= 0.6 is 15.9 Å². The molecule has 0 spiro atoms. The molecule has 1 N–H and O–H groups in total. The normalized spacial score (nSPS) is 15.9. The quantitative estimate of drug-likeness (QED) is 0.729. The van der Waals surface area contributed by atoms with Gasteiger partial charge in [0.05, 0.1) is 15.4 Å². The molecule has 1 fully saturated rings. The lowest BCUT2D eigenvalue weighted by Gasteiger charge is -2.28. The number of pyridine rings is 1. The zero-order valence-electron chi connectivity index (χ0n) is 13.4. The first-order chi connectivity index (χ1) is 12.2. The summed E-state index contributed by atoms with van der Waals surface area (Å²) in [5.74, 6) is 0.464. The van der Waals surface area contributed by atoms with Crippen LogP contribution in [0.15, 0.2) is 50.8 Å². The Hall–Kier alpha value is -1.65. The van der Waals surface area contributed by atoms with Gasteiger partial charge in [0.2, 0.25) is 9.84 Å². The Morgan fingerprint density at radius 3 is 2.42 bits per heavy atom. The van der Waals surface area contributed by atoms with Crippen LogP contribution in [0.5, 0.6) is 0 Å². The third-order valence-corrected chi connectivity index (χ3v) is 6.11. The molecular formula is C16H15BrF3N3O2S. The highest BCUT2D eigenvalue weighted by molar-refractivity contribution is 9.10. The van der Waals surface area contributed by atoms with E-state index in [4.69, 9.17) is 0 Å². The number of anilines is 1. The second kappa shape index (κ2) is 7.16. The molecule has 140 valence electrons. The second-order valence-corrected chi connectivity index (χ2v) is 8.51. The summed E-state index contributed by atoms with van der Waals surface area (Å²) < 4.78 is 64.7. The summed E-state index contributed by atoms with van der Waals surface area (Å²) in [6, 6.07) is 6.42. The average molecular weight is 450 g/mol. The van der Waals surface area contributed by atoms with Crippen LogP contribution in [-0.2, 0) is 16.0 Å². The van der Waals surface area contributed by atoms with Crippen LogP contribution in [0, 0.1) is 0 Å². The van der Waals surface area contributed by atoms with Gasteiger partial charge < -0.3 is 10.2 Å². The number of sulfone groups is 1. The fourth-order valence-corrected chi connectivity index (χ4v) is 4.57. The van der Waals surface area contributed by atoms with Gasteiger partial charge in [0.1, 0.15) is 10.4 Å². The number of halogens is 4. The second-order valence-electron chi connectivity index (χ2n) is 5.75. The molecule has 0 aliphatic carbocycles. The first-order valence-corrected chi connectivity index (χ1v) is 10.0. The number of rotatable bonds is 3. The van der Waals surface area contributed by atoms with Crippen molar-refractivity contribution in [1.82, 2.24) is 10.3 Å². The van der Waals surface area contributed by atoms with Crippen molar-refractivity contribution in [2.45, 2.75) is 16.0 Å². The van der Waals surface area contributed by atoms with Gasteiger partial charge in [0.15, 0.2) is 0 Å². The van der Waals surface area contributed by atoms with Crippen LogP contribution in [0.1, 0.15) is 5.56 Å². The van der Waals surface area contributed by atoms with Crippen molar-refractivity contribution in [1.29, 1.82) is 0 Å². The molecule has 1 aromatic carbocycles. The van der Waals surface area contributed by atoms with Gasteiger partial charge in [-0.2, -0.15) is 13.2 Å². The highest BCUT2D eigenvalue weighted by Crippen LogP contribution is 2.33. The maximum Gasteiger partial charge on any atom is 0.416 e. The lowest BCUT2D eigenvalue weighted by atomic mass is 10.2. The van der Waals surface area contributed by atoms with Crippen LogP contribution in [-0.4, -0.2) is 39.6 Å². The monoisotopic (exact) mass is 449 g/mol. The summed E-state index contributed by atoms with van der Waals surface area (Å²) in [5.41, 5.74) is -1.01. The summed E-state index contributed by atoms with van der Waals surface area (Å²) in [6.45, 7) is 2.80. The first-order valence-electron chi connectivity index (χ1n) is 7.73. The van der Waals surface area contributed by atoms with Crippen LogP contribution in [0.2, 0.25) is 0 Å². The molecule has 26 heavy (non-hydrogen) atoms. The molecule has 1 aliphatic rings. The predicted octanol–water partition coefficient (Wildman–Crippen LogP) is 3.11. The van der Waals surface area contributed by atoms with Gasteiger partial charge in [-0.3, -0.25) is 0 Å². The third kappa shape index (κ3) is 4.02. The first kappa shape index (κ1) is 19.1. The van der Waals surface area contributed by atoms with E-state index in [1.165, 1.54) is 12.1 Å². The predicted molar refractivity (Wildman–Crippen MR) is 93.9 cm³/mol. The van der Waals surface area contributed by atoms with E-state index in [-0.39, 0.29) is 4.90 Å². The summed E-state index contributed by atoms with van der Waals surface area (Å²) in [5, 5.41) is 3.18. The van der Waals surface area contributed by atoms with Gasteiger partial charge >= 0.3 is 6.18 Å². The lowest BCUT2D eigenvalue weighted by molar-refractivity contribution is -0.137. The van der Waals surface area contributed by atoms with E-state index in [9.17, 15) is 21.6 Å². The minimum atomic E-state index is -4.61. The molecule has 10 heteroatoms. The molecule has 0 atom stereocenters. The SMILES string of the molecule is O=S(=O)(c1cccc(C(F)(F)F)c1)c1cc(Br)nc(N2CCNCC2)c1. The minimum absolute atomic E-state index is 0.104. The molecule has 1 aromatic heterocycles. The Morgan fingerprint density at radius 1 is 1.08 bits per heavy atom. The maximum atomic E-state index is 12.9. The summed E-state index contributed by atoms with van der Waals surface area (Å²) >= 11 is 3.19. The molecule has 1 aliphatic heterocycles. The van der Waals surface area contributed by atoms with Gasteiger partial charge in [-0.25, -0.2) is 13.4 Å². The van der Waals surface area contributed by atoms with Crippen LogP contribution in [0.25, 0.3) is 0 Å². The van der Waals surface area contributed by atoms with Gasteiger partial charge in [-0.05, 0) is 46.3 Å². The number of nitrogens with zero attached hydrogens (tertiary/aromatic N) is 2. The molecule has 3 rings (SSSR count). The maximum absolute atomic E-state index is 12.9. The fraction of sp³-hybridized carbons (Fsp3) is 0.312. The molecule has 0 unspecified atom stereocenters. The molecule has 0 saturated carbocycles. The molecule has 1 saturated heterocycles. The molecular weight excluding hydrogens is 435 g/mol. The standard InChI is InChI=1S/C16H15BrF3N3O2S/c17-14-9-13(10-15(22-14)23-6-4-21-5-7-23)26(24,25)12-3-1-2-11(8-12)16(18,19)20/h1-3,8-10,21H,4-7H2. The Kier molecular flexibility index (Phi) is 5.27. The average Bonchev–Trinajstić information content (AvgIpc) is 2.61. The molecule has 0 bridgehead atoms. The molecule has 2 aromatic rings. The van der Waals surface area contributed by atoms with Crippen molar-refractivity contribution >= 4 is 31.6 Å². The van der Waals surface area contributed by atoms with Crippen LogP contribution < -0.4 is 10.2 Å². The van der Waals surface area contributed by atoms with E-state index in [1.807, 2.05) is 4.90 Å². The number of aromatic nitrogens is 1. The van der Waals surface area contributed by atoms with Crippen LogP contribution in [0.4, 0.5) is 19.0 Å². The van der Waals surface area contributed by atoms with Gasteiger partial charge in [0, 0.05) is 26.2 Å². The van der Waals surface area contributed by atoms with Crippen molar-refractivity contribution in [3.05, 3.63) is 46.6 Å².